The molecule has 1 aromatic heterocycles. The van der Waals surface area contributed by atoms with Gasteiger partial charge in [-0.2, -0.15) is 0 Å². The number of halogens is 1. The molecule has 0 saturated heterocycles. The molecular weight excluding hydrogens is 430 g/mol. The van der Waals surface area contributed by atoms with Gasteiger partial charge in [-0.15, -0.1) is 0 Å². The minimum atomic E-state index is 0.0517. The van der Waals surface area contributed by atoms with Gasteiger partial charge in [0.2, 0.25) is 5.91 Å². The number of amides is 1. The average Bonchev–Trinajstić information content (AvgIpc) is 3.21. The van der Waals surface area contributed by atoms with Crippen LogP contribution in [-0.4, -0.2) is 22.0 Å². The van der Waals surface area contributed by atoms with Crippen molar-refractivity contribution in [1.82, 2.24) is 14.9 Å². The van der Waals surface area contributed by atoms with Crippen molar-refractivity contribution >= 4 is 28.5 Å². The maximum atomic E-state index is 12.1. The maximum Gasteiger partial charge on any atom is 0.224 e. The summed E-state index contributed by atoms with van der Waals surface area (Å²) in [4.78, 5) is 17.1. The van der Waals surface area contributed by atoms with E-state index in [0.717, 1.165) is 42.6 Å². The van der Waals surface area contributed by atoms with E-state index in [1.165, 1.54) is 11.1 Å². The van der Waals surface area contributed by atoms with Crippen molar-refractivity contribution in [2.24, 2.45) is 0 Å². The Bertz CT molecular complexity index is 1180. The van der Waals surface area contributed by atoms with Gasteiger partial charge in [-0.25, -0.2) is 4.98 Å². The molecule has 4 nitrogen and oxygen atoms in total. The number of aromatic nitrogens is 2. The molecule has 0 aliphatic rings. The van der Waals surface area contributed by atoms with Gasteiger partial charge in [-0.1, -0.05) is 72.6 Å². The monoisotopic (exact) mass is 459 g/mol. The summed E-state index contributed by atoms with van der Waals surface area (Å²) in [6.07, 6.45) is 4.35. The van der Waals surface area contributed by atoms with E-state index in [1.54, 1.807) is 0 Å². The van der Waals surface area contributed by atoms with Gasteiger partial charge in [0.1, 0.15) is 5.82 Å². The molecule has 0 radical (unpaired) electrons. The van der Waals surface area contributed by atoms with Crippen LogP contribution in [0.5, 0.6) is 0 Å². The number of nitrogens with one attached hydrogen (secondary N) is 1. The summed E-state index contributed by atoms with van der Waals surface area (Å²) in [5, 5.41) is 3.71. The van der Waals surface area contributed by atoms with E-state index in [-0.39, 0.29) is 11.9 Å². The zero-order valence-corrected chi connectivity index (χ0v) is 19.8. The summed E-state index contributed by atoms with van der Waals surface area (Å²) in [5.41, 5.74) is 4.48. The van der Waals surface area contributed by atoms with Crippen LogP contribution in [-0.2, 0) is 17.6 Å². The van der Waals surface area contributed by atoms with Crippen LogP contribution in [0.1, 0.15) is 49.2 Å². The summed E-state index contributed by atoms with van der Waals surface area (Å²) >= 11 is 5.90. The van der Waals surface area contributed by atoms with Crippen molar-refractivity contribution in [2.45, 2.75) is 45.1 Å². The van der Waals surface area contributed by atoms with E-state index in [1.807, 2.05) is 30.3 Å². The number of carbonyl (C=O) groups excluding carboxylic acids is 1. The predicted molar refractivity (Wildman–Crippen MR) is 136 cm³/mol. The van der Waals surface area contributed by atoms with E-state index in [0.29, 0.717) is 18.0 Å². The predicted octanol–water partition coefficient (Wildman–Crippen LogP) is 6.37. The highest BCUT2D eigenvalue weighted by atomic mass is 35.5. The lowest BCUT2D eigenvalue weighted by atomic mass is 10.1. The minimum Gasteiger partial charge on any atom is -0.356 e. The van der Waals surface area contributed by atoms with E-state index >= 15 is 0 Å². The van der Waals surface area contributed by atoms with Gasteiger partial charge in [0.25, 0.3) is 0 Å². The van der Waals surface area contributed by atoms with Gasteiger partial charge in [-0.3, -0.25) is 4.79 Å². The number of unbranched alkanes of at least 4 members (excludes halogenated alkanes) is 2. The molecule has 4 aromatic rings. The Morgan fingerprint density at radius 2 is 1.67 bits per heavy atom. The second kappa shape index (κ2) is 11.2. The molecule has 1 unspecified atom stereocenters. The molecule has 0 bridgehead atoms. The largest absolute Gasteiger partial charge is 0.356 e. The molecule has 0 fully saturated rings. The van der Waals surface area contributed by atoms with Gasteiger partial charge in [0, 0.05) is 18.0 Å². The Balaban J connectivity index is 1.29. The number of hydrogen-bond acceptors (Lipinski definition) is 2. The van der Waals surface area contributed by atoms with E-state index in [9.17, 15) is 4.79 Å². The second-order valence-electron chi connectivity index (χ2n) is 8.44. The van der Waals surface area contributed by atoms with Crippen LogP contribution >= 0.6 is 11.6 Å². The van der Waals surface area contributed by atoms with Gasteiger partial charge in [0.05, 0.1) is 23.5 Å². The van der Waals surface area contributed by atoms with Crippen molar-refractivity contribution in [3.8, 4) is 0 Å². The highest BCUT2D eigenvalue weighted by molar-refractivity contribution is 6.30. The molecule has 5 heteroatoms. The van der Waals surface area contributed by atoms with E-state index in [4.69, 9.17) is 16.6 Å². The Kier molecular flexibility index (Phi) is 7.79. The van der Waals surface area contributed by atoms with Crippen molar-refractivity contribution in [3.05, 3.63) is 101 Å². The van der Waals surface area contributed by atoms with Crippen LogP contribution in [0.15, 0.2) is 78.9 Å². The molecule has 33 heavy (non-hydrogen) atoms. The van der Waals surface area contributed by atoms with Crippen molar-refractivity contribution < 1.29 is 4.79 Å². The molecule has 1 heterocycles. The fourth-order valence-electron chi connectivity index (χ4n) is 4.25. The van der Waals surface area contributed by atoms with Crippen molar-refractivity contribution in [3.63, 3.8) is 0 Å². The summed E-state index contributed by atoms with van der Waals surface area (Å²) in [6.45, 7) is 2.94. The van der Waals surface area contributed by atoms with Crippen molar-refractivity contribution in [1.29, 1.82) is 0 Å². The van der Waals surface area contributed by atoms with Gasteiger partial charge in [0.15, 0.2) is 0 Å². The fraction of sp³-hybridized carbons (Fsp3) is 0.286. The van der Waals surface area contributed by atoms with Crippen molar-refractivity contribution in [2.75, 3.05) is 6.54 Å². The second-order valence-corrected chi connectivity index (χ2v) is 8.87. The summed E-state index contributed by atoms with van der Waals surface area (Å²) in [7, 11) is 0. The first kappa shape index (κ1) is 23.1. The number of carbonyl (C=O) groups is 1. The Morgan fingerprint density at radius 1 is 0.939 bits per heavy atom. The summed E-state index contributed by atoms with van der Waals surface area (Å²) in [6, 6.07) is 26.6. The number of rotatable bonds is 10. The van der Waals surface area contributed by atoms with E-state index in [2.05, 4.69) is 65.3 Å². The summed E-state index contributed by atoms with van der Waals surface area (Å²) in [5.74, 6) is 1.18. The number of fused-ring (bicyclic) bond motifs is 1. The zero-order chi connectivity index (χ0) is 23.0. The number of hydrogen-bond donors (Lipinski definition) is 1. The summed E-state index contributed by atoms with van der Waals surface area (Å²) < 4.78 is 2.37. The molecular formula is C28H30ClN3O. The fourth-order valence-corrected chi connectivity index (χ4v) is 4.37. The molecule has 0 saturated carbocycles. The molecule has 0 aliphatic carbocycles. The van der Waals surface area contributed by atoms with Gasteiger partial charge in [-0.05, 0) is 55.2 Å². The van der Waals surface area contributed by atoms with Crippen LogP contribution < -0.4 is 5.32 Å². The SMILES string of the molecule is CC(c1ccccc1)n1c(CCCCCNC(=O)Cc2ccc(Cl)cc2)nc2ccccc21. The quantitative estimate of drug-likeness (QED) is 0.280. The highest BCUT2D eigenvalue weighted by Crippen LogP contribution is 2.26. The smallest absolute Gasteiger partial charge is 0.224 e. The van der Waals surface area contributed by atoms with Crippen LogP contribution in [0.2, 0.25) is 5.02 Å². The number of aryl methyl sites for hydroxylation is 1. The maximum absolute atomic E-state index is 12.1. The average molecular weight is 460 g/mol. The molecule has 0 aliphatic heterocycles. The first-order chi connectivity index (χ1) is 16.1. The normalized spacial score (nSPS) is 12.1. The van der Waals surface area contributed by atoms with E-state index < -0.39 is 0 Å². The number of nitrogens with zero attached hydrogens (tertiary/aromatic N) is 2. The van der Waals surface area contributed by atoms with Crippen LogP contribution in [0.4, 0.5) is 0 Å². The Morgan fingerprint density at radius 3 is 2.45 bits per heavy atom. The molecule has 0 spiro atoms. The van der Waals surface area contributed by atoms with Crippen LogP contribution in [0, 0.1) is 0 Å². The molecule has 4 rings (SSSR count). The first-order valence-electron chi connectivity index (χ1n) is 11.6. The molecule has 3 aromatic carbocycles. The topological polar surface area (TPSA) is 46.9 Å². The lowest BCUT2D eigenvalue weighted by molar-refractivity contribution is -0.120. The Labute approximate surface area is 200 Å². The van der Waals surface area contributed by atoms with Crippen LogP contribution in [0.25, 0.3) is 11.0 Å². The Hall–Kier alpha value is -3.11. The van der Waals surface area contributed by atoms with Crippen LogP contribution in [0.3, 0.4) is 0 Å². The lowest BCUT2D eigenvalue weighted by Crippen LogP contribution is -2.26. The number of imidazole rings is 1. The third-order valence-electron chi connectivity index (χ3n) is 6.02. The standard InChI is InChI=1S/C28H30ClN3O/c1-21(23-10-4-2-5-11-23)32-26-13-8-7-12-25(26)31-27(32)14-6-3-9-19-30-28(33)20-22-15-17-24(29)18-16-22/h2,4-5,7-8,10-13,15-18,21H,3,6,9,14,19-20H2,1H3,(H,30,33). The highest BCUT2D eigenvalue weighted by Gasteiger charge is 2.16. The molecule has 1 amide bonds. The van der Waals surface area contributed by atoms with Gasteiger partial charge < -0.3 is 9.88 Å². The minimum absolute atomic E-state index is 0.0517. The number of benzene rings is 3. The third-order valence-corrected chi connectivity index (χ3v) is 6.27. The molecule has 1 N–H and O–H groups in total. The number of para-hydroxylation sites is 2. The zero-order valence-electron chi connectivity index (χ0n) is 19.0. The lowest BCUT2D eigenvalue weighted by Gasteiger charge is -2.18. The van der Waals surface area contributed by atoms with Gasteiger partial charge >= 0.3 is 0 Å². The third kappa shape index (κ3) is 6.02. The first-order valence-corrected chi connectivity index (χ1v) is 12.0. The molecule has 170 valence electrons. The molecule has 1 atom stereocenters.